The molecule has 3 aromatic rings. The van der Waals surface area contributed by atoms with Crippen LogP contribution in [0.5, 0.6) is 5.75 Å². The summed E-state index contributed by atoms with van der Waals surface area (Å²) in [7, 11) is 1.66. The Kier molecular flexibility index (Phi) is 6.22. The lowest BCUT2D eigenvalue weighted by Crippen LogP contribution is -2.02. The fourth-order valence-corrected chi connectivity index (χ4v) is 3.32. The number of methoxy groups -OCH3 is 1. The second-order valence-corrected chi connectivity index (χ2v) is 6.77. The fourth-order valence-electron chi connectivity index (χ4n) is 3.13. The molecule has 0 unspecified atom stereocenters. The van der Waals surface area contributed by atoms with Crippen molar-refractivity contribution < 1.29 is 9.57 Å². The highest BCUT2D eigenvalue weighted by Gasteiger charge is 2.17. The summed E-state index contributed by atoms with van der Waals surface area (Å²) < 4.78 is 7.47. The number of oxime groups is 1. The van der Waals surface area contributed by atoms with Gasteiger partial charge in [-0.25, -0.2) is 0 Å². The maximum Gasteiger partial charge on any atom is 0.135 e. The molecule has 0 aliphatic heterocycles. The third-order valence-corrected chi connectivity index (χ3v) is 4.72. The first kappa shape index (κ1) is 19.8. The Morgan fingerprint density at radius 3 is 2.57 bits per heavy atom. The highest BCUT2D eigenvalue weighted by atomic mass is 35.5. The number of nitrogens with zero attached hydrogens (tertiary/aromatic N) is 2. The smallest absolute Gasteiger partial charge is 0.135 e. The summed E-state index contributed by atoms with van der Waals surface area (Å²) in [4.78, 5) is 5.29. The largest absolute Gasteiger partial charge is 0.497 e. The molecule has 0 saturated carbocycles. The van der Waals surface area contributed by atoms with Crippen molar-refractivity contribution in [1.82, 2.24) is 4.57 Å². The molecule has 1 aromatic heterocycles. The van der Waals surface area contributed by atoms with Crippen molar-refractivity contribution in [2.24, 2.45) is 5.16 Å². The molecule has 0 saturated heterocycles. The molecule has 0 fully saturated rings. The molecule has 0 aliphatic carbocycles. The minimum atomic E-state index is 0.372. The van der Waals surface area contributed by atoms with Gasteiger partial charge in [0.1, 0.15) is 12.4 Å². The lowest BCUT2D eigenvalue weighted by Gasteiger charge is -2.13. The van der Waals surface area contributed by atoms with Crippen LogP contribution in [-0.4, -0.2) is 24.0 Å². The van der Waals surface area contributed by atoms with Crippen LogP contribution < -0.4 is 4.74 Å². The van der Waals surface area contributed by atoms with Crippen LogP contribution in [0.3, 0.4) is 0 Å². The molecule has 144 valence electrons. The summed E-state index contributed by atoms with van der Waals surface area (Å²) in [5.41, 5.74) is 5.95. The predicted octanol–water partition coefficient (Wildman–Crippen LogP) is 6.04. The first-order valence-corrected chi connectivity index (χ1v) is 9.33. The monoisotopic (exact) mass is 394 g/mol. The van der Waals surface area contributed by atoms with Gasteiger partial charge in [-0.3, -0.25) is 0 Å². The second-order valence-electron chi connectivity index (χ2n) is 6.33. The van der Waals surface area contributed by atoms with Crippen molar-refractivity contribution in [2.75, 3.05) is 13.7 Å². The quantitative estimate of drug-likeness (QED) is 0.212. The maximum absolute atomic E-state index is 6.26. The zero-order chi connectivity index (χ0) is 20.1. The van der Waals surface area contributed by atoms with E-state index in [2.05, 4.69) is 29.3 Å². The lowest BCUT2D eigenvalue weighted by atomic mass is 10.1. The van der Waals surface area contributed by atoms with Gasteiger partial charge in [0.05, 0.1) is 18.5 Å². The van der Waals surface area contributed by atoms with Gasteiger partial charge in [0, 0.05) is 22.0 Å². The highest BCUT2D eigenvalue weighted by Crippen LogP contribution is 2.31. The standard InChI is InChI=1S/C23H23ClN2O2/c1-5-13-28-25-16(2)22-15-23(18-9-11-21(27-4)12-10-18)26(17(22)3)20-8-6-7-19(24)14-20/h5-12,14-15H,1,13H2,2-4H3/b25-16+. The third kappa shape index (κ3) is 4.12. The molecule has 2 aromatic carbocycles. The zero-order valence-corrected chi connectivity index (χ0v) is 17.0. The van der Waals surface area contributed by atoms with Gasteiger partial charge in [0.2, 0.25) is 0 Å². The second kappa shape index (κ2) is 8.81. The van der Waals surface area contributed by atoms with Crippen LogP contribution in [0, 0.1) is 6.92 Å². The molecule has 4 nitrogen and oxygen atoms in total. The summed E-state index contributed by atoms with van der Waals surface area (Å²) in [6.07, 6.45) is 1.67. The average Bonchev–Trinajstić information content (AvgIpc) is 3.05. The molecule has 28 heavy (non-hydrogen) atoms. The number of rotatable bonds is 7. The molecule has 0 amide bonds. The zero-order valence-electron chi connectivity index (χ0n) is 16.3. The van der Waals surface area contributed by atoms with E-state index in [9.17, 15) is 0 Å². The highest BCUT2D eigenvalue weighted by molar-refractivity contribution is 6.30. The summed E-state index contributed by atoms with van der Waals surface area (Å²) >= 11 is 6.26. The number of hydrogen-bond acceptors (Lipinski definition) is 3. The Labute approximate surface area is 170 Å². The van der Waals surface area contributed by atoms with Gasteiger partial charge in [0.15, 0.2) is 0 Å². The summed E-state index contributed by atoms with van der Waals surface area (Å²) in [6, 6.07) is 17.9. The average molecular weight is 395 g/mol. The lowest BCUT2D eigenvalue weighted by molar-refractivity contribution is 0.175. The normalized spacial score (nSPS) is 11.4. The number of aromatic nitrogens is 1. The van der Waals surface area contributed by atoms with Gasteiger partial charge in [-0.2, -0.15) is 0 Å². The number of benzene rings is 2. The van der Waals surface area contributed by atoms with E-state index in [4.69, 9.17) is 21.2 Å². The Bertz CT molecular complexity index is 1000. The van der Waals surface area contributed by atoms with E-state index in [1.54, 1.807) is 13.2 Å². The van der Waals surface area contributed by atoms with Crippen LogP contribution in [-0.2, 0) is 4.84 Å². The number of hydrogen-bond donors (Lipinski definition) is 0. The molecule has 1 heterocycles. The minimum Gasteiger partial charge on any atom is -0.497 e. The maximum atomic E-state index is 6.26. The van der Waals surface area contributed by atoms with E-state index in [0.29, 0.717) is 11.6 Å². The SMILES string of the molecule is C=CCO/N=C(\C)c1cc(-c2ccc(OC)cc2)n(-c2cccc(Cl)c2)c1C. The van der Waals surface area contributed by atoms with E-state index < -0.39 is 0 Å². The Morgan fingerprint density at radius 2 is 1.93 bits per heavy atom. The summed E-state index contributed by atoms with van der Waals surface area (Å²) in [5.74, 6) is 0.817. The molecule has 0 bridgehead atoms. The minimum absolute atomic E-state index is 0.372. The van der Waals surface area contributed by atoms with Gasteiger partial charge < -0.3 is 14.1 Å². The van der Waals surface area contributed by atoms with Crippen molar-refractivity contribution in [3.63, 3.8) is 0 Å². The first-order chi connectivity index (χ1) is 13.5. The van der Waals surface area contributed by atoms with Crippen molar-refractivity contribution in [1.29, 1.82) is 0 Å². The molecule has 3 rings (SSSR count). The van der Waals surface area contributed by atoms with E-state index in [0.717, 1.165) is 39.7 Å². The molecule has 0 spiro atoms. The van der Waals surface area contributed by atoms with Crippen LogP contribution >= 0.6 is 11.6 Å². The van der Waals surface area contributed by atoms with Crippen LogP contribution in [0.25, 0.3) is 16.9 Å². The Balaban J connectivity index is 2.17. The number of ether oxygens (including phenoxy) is 1. The van der Waals surface area contributed by atoms with Crippen molar-refractivity contribution >= 4 is 17.3 Å². The molecular weight excluding hydrogens is 372 g/mol. The van der Waals surface area contributed by atoms with Crippen molar-refractivity contribution in [2.45, 2.75) is 13.8 Å². The van der Waals surface area contributed by atoms with Crippen LogP contribution in [0.1, 0.15) is 18.2 Å². The van der Waals surface area contributed by atoms with Crippen molar-refractivity contribution in [3.05, 3.63) is 83.5 Å². The van der Waals surface area contributed by atoms with Gasteiger partial charge in [-0.05, 0) is 67.9 Å². The van der Waals surface area contributed by atoms with Gasteiger partial charge in [-0.1, -0.05) is 35.5 Å². The van der Waals surface area contributed by atoms with Crippen LogP contribution in [0.15, 0.2) is 72.4 Å². The van der Waals surface area contributed by atoms with Gasteiger partial charge in [0.25, 0.3) is 0 Å². The summed E-state index contributed by atoms with van der Waals surface area (Å²) in [5, 5.41) is 4.91. The van der Waals surface area contributed by atoms with E-state index in [1.807, 2.05) is 55.5 Å². The van der Waals surface area contributed by atoms with Crippen LogP contribution in [0.2, 0.25) is 5.02 Å². The predicted molar refractivity (Wildman–Crippen MR) is 116 cm³/mol. The summed E-state index contributed by atoms with van der Waals surface area (Å²) in [6.45, 7) is 8.02. The van der Waals surface area contributed by atoms with E-state index in [1.165, 1.54) is 0 Å². The fraction of sp³-hybridized carbons (Fsp3) is 0.174. The topological polar surface area (TPSA) is 35.8 Å². The molecule has 0 N–H and O–H groups in total. The molecule has 5 heteroatoms. The molecule has 0 aliphatic rings. The van der Waals surface area contributed by atoms with E-state index in [-0.39, 0.29) is 0 Å². The van der Waals surface area contributed by atoms with Gasteiger partial charge in [-0.15, -0.1) is 0 Å². The van der Waals surface area contributed by atoms with E-state index >= 15 is 0 Å². The number of halogens is 1. The third-order valence-electron chi connectivity index (χ3n) is 4.48. The Morgan fingerprint density at radius 1 is 1.18 bits per heavy atom. The van der Waals surface area contributed by atoms with Crippen LogP contribution in [0.4, 0.5) is 0 Å². The molecule has 0 atom stereocenters. The molecule has 0 radical (unpaired) electrons. The molecular formula is C23H23ClN2O2. The Hall–Kier alpha value is -2.98. The van der Waals surface area contributed by atoms with Gasteiger partial charge >= 0.3 is 0 Å². The van der Waals surface area contributed by atoms with Crippen molar-refractivity contribution in [3.8, 4) is 22.7 Å². The first-order valence-electron chi connectivity index (χ1n) is 8.95.